The van der Waals surface area contributed by atoms with Gasteiger partial charge in [0.15, 0.2) is 0 Å². The van der Waals surface area contributed by atoms with E-state index in [9.17, 15) is 4.79 Å². The summed E-state index contributed by atoms with van der Waals surface area (Å²) in [6, 6.07) is 0. The van der Waals surface area contributed by atoms with E-state index in [1.165, 1.54) is 7.11 Å². The van der Waals surface area contributed by atoms with Crippen molar-refractivity contribution in [1.29, 1.82) is 0 Å². The molecule has 0 radical (unpaired) electrons. The van der Waals surface area contributed by atoms with Crippen LogP contribution >= 0.6 is 11.6 Å². The average Bonchev–Trinajstić information content (AvgIpc) is 3.02. The summed E-state index contributed by atoms with van der Waals surface area (Å²) in [6.45, 7) is 2.72. The number of hydrogen-bond acceptors (Lipinski definition) is 4. The lowest BCUT2D eigenvalue weighted by Crippen LogP contribution is -2.54. The van der Waals surface area contributed by atoms with Gasteiger partial charge in [-0.3, -0.25) is 9.48 Å². The molecule has 1 aliphatic rings. The highest BCUT2D eigenvalue weighted by molar-refractivity contribution is 6.31. The van der Waals surface area contributed by atoms with Crippen molar-refractivity contribution in [3.05, 3.63) is 16.9 Å². The van der Waals surface area contributed by atoms with E-state index in [0.717, 1.165) is 37.9 Å². The molecule has 2 atom stereocenters. The van der Waals surface area contributed by atoms with Gasteiger partial charge in [0.25, 0.3) is 0 Å². The van der Waals surface area contributed by atoms with Crippen LogP contribution in [0.25, 0.3) is 0 Å². The summed E-state index contributed by atoms with van der Waals surface area (Å²) in [5.74, 6) is 0.111. The van der Waals surface area contributed by atoms with Crippen LogP contribution < -0.4 is 5.32 Å². The van der Waals surface area contributed by atoms with Gasteiger partial charge in [-0.1, -0.05) is 18.0 Å². The number of likely N-dealkylation sites (N-methyl/N-ethyl adjacent to an activating group) is 1. The Kier molecular flexibility index (Phi) is 4.70. The maximum absolute atomic E-state index is 12.1. The number of esters is 1. The second-order valence-corrected chi connectivity index (χ2v) is 5.80. The van der Waals surface area contributed by atoms with E-state index in [2.05, 4.69) is 10.4 Å². The lowest BCUT2D eigenvalue weighted by atomic mass is 9.84. The van der Waals surface area contributed by atoms with E-state index < -0.39 is 5.54 Å². The fourth-order valence-corrected chi connectivity index (χ4v) is 3.42. The van der Waals surface area contributed by atoms with Crippen molar-refractivity contribution in [1.82, 2.24) is 15.1 Å². The number of aryl methyl sites for hydroxylation is 1. The molecule has 1 heterocycles. The molecule has 1 aliphatic carbocycles. The topological polar surface area (TPSA) is 56.1 Å². The number of ether oxygens (including phenoxy) is 1. The normalized spacial score (nSPS) is 25.9. The monoisotopic (exact) mass is 299 g/mol. The molecule has 112 valence electrons. The SMILES string of the molecule is CNC1(C(=O)OC)CCCC1CCn1ncc(Cl)c1C. The first kappa shape index (κ1) is 15.3. The predicted octanol–water partition coefficient (Wildman–Crippen LogP) is 2.17. The van der Waals surface area contributed by atoms with Gasteiger partial charge >= 0.3 is 5.97 Å². The van der Waals surface area contributed by atoms with Crippen molar-refractivity contribution in [2.75, 3.05) is 14.2 Å². The van der Waals surface area contributed by atoms with Gasteiger partial charge in [0.2, 0.25) is 0 Å². The zero-order valence-electron chi connectivity index (χ0n) is 12.3. The molecule has 2 rings (SSSR count). The van der Waals surface area contributed by atoms with Crippen molar-refractivity contribution in [3.8, 4) is 0 Å². The van der Waals surface area contributed by atoms with Gasteiger partial charge in [-0.05, 0) is 39.2 Å². The number of carbonyl (C=O) groups is 1. The van der Waals surface area contributed by atoms with Crippen LogP contribution in [-0.2, 0) is 16.1 Å². The number of hydrogen-bond donors (Lipinski definition) is 1. The molecular weight excluding hydrogens is 278 g/mol. The molecule has 1 aromatic rings. The lowest BCUT2D eigenvalue weighted by molar-refractivity contribution is -0.150. The zero-order chi connectivity index (χ0) is 14.8. The minimum Gasteiger partial charge on any atom is -0.468 e. The Balaban J connectivity index is 2.08. The Hall–Kier alpha value is -1.07. The third kappa shape index (κ3) is 2.56. The van der Waals surface area contributed by atoms with Crippen LogP contribution in [0.3, 0.4) is 0 Å². The molecular formula is C14H22ClN3O2. The van der Waals surface area contributed by atoms with E-state index in [1.807, 2.05) is 18.7 Å². The fourth-order valence-electron chi connectivity index (χ4n) is 3.28. The first-order chi connectivity index (χ1) is 9.55. The number of carbonyl (C=O) groups excluding carboxylic acids is 1. The van der Waals surface area contributed by atoms with Crippen molar-refractivity contribution in [3.63, 3.8) is 0 Å². The van der Waals surface area contributed by atoms with E-state index in [4.69, 9.17) is 16.3 Å². The number of nitrogens with zero attached hydrogens (tertiary/aromatic N) is 2. The second-order valence-electron chi connectivity index (χ2n) is 5.39. The molecule has 5 nitrogen and oxygen atoms in total. The minimum atomic E-state index is -0.542. The smallest absolute Gasteiger partial charge is 0.326 e. The van der Waals surface area contributed by atoms with Gasteiger partial charge < -0.3 is 10.1 Å². The Labute approximate surface area is 124 Å². The summed E-state index contributed by atoms with van der Waals surface area (Å²) in [5.41, 5.74) is 0.428. The van der Waals surface area contributed by atoms with Gasteiger partial charge in [-0.2, -0.15) is 5.10 Å². The van der Waals surface area contributed by atoms with Crippen molar-refractivity contribution in [2.24, 2.45) is 5.92 Å². The summed E-state index contributed by atoms with van der Waals surface area (Å²) >= 11 is 6.01. The lowest BCUT2D eigenvalue weighted by Gasteiger charge is -2.32. The molecule has 0 aliphatic heterocycles. The first-order valence-corrected chi connectivity index (χ1v) is 7.38. The molecule has 1 saturated carbocycles. The standard InChI is InChI=1S/C14H22ClN3O2/c1-10-12(15)9-17-18(10)8-6-11-5-4-7-14(11,16-2)13(19)20-3/h9,11,16H,4-8H2,1-3H3. The molecule has 1 fully saturated rings. The van der Waals surface area contributed by atoms with Crippen LogP contribution in [0.5, 0.6) is 0 Å². The molecule has 0 bridgehead atoms. The molecule has 0 spiro atoms. The van der Waals surface area contributed by atoms with Crippen LogP contribution in [0.1, 0.15) is 31.4 Å². The number of rotatable bonds is 5. The average molecular weight is 300 g/mol. The molecule has 0 amide bonds. The molecule has 20 heavy (non-hydrogen) atoms. The third-order valence-electron chi connectivity index (χ3n) is 4.55. The Bertz CT molecular complexity index is 489. The molecule has 0 aromatic carbocycles. The molecule has 1 N–H and O–H groups in total. The number of methoxy groups -OCH3 is 1. The van der Waals surface area contributed by atoms with E-state index in [1.54, 1.807) is 6.20 Å². The van der Waals surface area contributed by atoms with Crippen molar-refractivity contribution < 1.29 is 9.53 Å². The Morgan fingerprint density at radius 1 is 1.70 bits per heavy atom. The van der Waals surface area contributed by atoms with Crippen LogP contribution in [0.4, 0.5) is 0 Å². The van der Waals surface area contributed by atoms with Gasteiger partial charge in [0, 0.05) is 6.54 Å². The maximum atomic E-state index is 12.1. The highest BCUT2D eigenvalue weighted by Gasteiger charge is 2.48. The minimum absolute atomic E-state index is 0.155. The predicted molar refractivity (Wildman–Crippen MR) is 77.7 cm³/mol. The fraction of sp³-hybridized carbons (Fsp3) is 0.714. The maximum Gasteiger partial charge on any atom is 0.326 e. The van der Waals surface area contributed by atoms with Gasteiger partial charge in [-0.25, -0.2) is 0 Å². The van der Waals surface area contributed by atoms with Gasteiger partial charge in [-0.15, -0.1) is 0 Å². The third-order valence-corrected chi connectivity index (χ3v) is 4.92. The first-order valence-electron chi connectivity index (χ1n) is 7.00. The van der Waals surface area contributed by atoms with E-state index >= 15 is 0 Å². The summed E-state index contributed by atoms with van der Waals surface area (Å²) in [5, 5.41) is 8.15. The molecule has 0 saturated heterocycles. The van der Waals surface area contributed by atoms with Gasteiger partial charge in [0.05, 0.1) is 24.0 Å². The number of aromatic nitrogens is 2. The summed E-state index contributed by atoms with van der Waals surface area (Å²) in [4.78, 5) is 12.1. The number of halogens is 1. The zero-order valence-corrected chi connectivity index (χ0v) is 13.0. The van der Waals surface area contributed by atoms with E-state index in [0.29, 0.717) is 5.02 Å². The van der Waals surface area contributed by atoms with Crippen LogP contribution in [-0.4, -0.2) is 35.4 Å². The van der Waals surface area contributed by atoms with Crippen LogP contribution in [0, 0.1) is 12.8 Å². The van der Waals surface area contributed by atoms with Crippen LogP contribution in [0.2, 0.25) is 5.02 Å². The quantitative estimate of drug-likeness (QED) is 0.847. The summed E-state index contributed by atoms with van der Waals surface area (Å²) in [7, 11) is 3.29. The molecule has 6 heteroatoms. The summed E-state index contributed by atoms with van der Waals surface area (Å²) in [6.07, 6.45) is 5.45. The van der Waals surface area contributed by atoms with Crippen molar-refractivity contribution >= 4 is 17.6 Å². The second kappa shape index (κ2) is 6.14. The Morgan fingerprint density at radius 3 is 3.00 bits per heavy atom. The summed E-state index contributed by atoms with van der Waals surface area (Å²) < 4.78 is 6.89. The number of nitrogens with one attached hydrogen (secondary N) is 1. The highest BCUT2D eigenvalue weighted by atomic mass is 35.5. The Morgan fingerprint density at radius 2 is 2.45 bits per heavy atom. The molecule has 2 unspecified atom stereocenters. The molecule has 1 aromatic heterocycles. The van der Waals surface area contributed by atoms with Gasteiger partial charge in [0.1, 0.15) is 5.54 Å². The largest absolute Gasteiger partial charge is 0.468 e. The van der Waals surface area contributed by atoms with E-state index in [-0.39, 0.29) is 11.9 Å². The van der Waals surface area contributed by atoms with Crippen molar-refractivity contribution in [2.45, 2.75) is 44.7 Å². The highest BCUT2D eigenvalue weighted by Crippen LogP contribution is 2.39. The van der Waals surface area contributed by atoms with Crippen LogP contribution in [0.15, 0.2) is 6.20 Å².